The van der Waals surface area contributed by atoms with Crippen molar-refractivity contribution in [2.24, 2.45) is 0 Å². The van der Waals surface area contributed by atoms with Crippen molar-refractivity contribution in [3.8, 4) is 0 Å². The van der Waals surface area contributed by atoms with Gasteiger partial charge in [-0.25, -0.2) is 0 Å². The van der Waals surface area contributed by atoms with Crippen molar-refractivity contribution in [2.45, 2.75) is 33.1 Å². The molecule has 0 saturated carbocycles. The summed E-state index contributed by atoms with van der Waals surface area (Å²) in [5.74, 6) is 0.371. The lowest BCUT2D eigenvalue weighted by Crippen LogP contribution is -2.13. The topological polar surface area (TPSA) is 17.1 Å². The third-order valence-electron chi connectivity index (χ3n) is 2.55. The summed E-state index contributed by atoms with van der Waals surface area (Å²) < 4.78 is 0. The SMILES string of the molecule is Cc1ccc(C(C)(C)C)cc1C(=O)CS. The Kier molecular flexibility index (Phi) is 3.61. The summed E-state index contributed by atoms with van der Waals surface area (Å²) in [7, 11) is 0. The van der Waals surface area contributed by atoms with E-state index in [2.05, 4.69) is 39.5 Å². The average Bonchev–Trinajstić information content (AvgIpc) is 2.15. The minimum absolute atomic E-state index is 0.0827. The van der Waals surface area contributed by atoms with Gasteiger partial charge in [0.1, 0.15) is 0 Å². The number of benzene rings is 1. The summed E-state index contributed by atoms with van der Waals surface area (Å²) in [5, 5.41) is 0. The Hall–Kier alpha value is -0.760. The summed E-state index contributed by atoms with van der Waals surface area (Å²) in [5.41, 5.74) is 3.11. The van der Waals surface area contributed by atoms with Crippen LogP contribution in [0, 0.1) is 6.92 Å². The molecule has 2 heteroatoms. The number of thiol groups is 1. The maximum Gasteiger partial charge on any atom is 0.172 e. The van der Waals surface area contributed by atoms with Crippen LogP contribution in [0.15, 0.2) is 18.2 Å². The Labute approximate surface area is 97.3 Å². The van der Waals surface area contributed by atoms with Crippen LogP contribution >= 0.6 is 12.6 Å². The number of hydrogen-bond acceptors (Lipinski definition) is 2. The second-order valence-electron chi connectivity index (χ2n) is 4.86. The van der Waals surface area contributed by atoms with Gasteiger partial charge in [0.05, 0.1) is 5.75 Å². The Morgan fingerprint density at radius 2 is 1.93 bits per heavy atom. The zero-order valence-corrected chi connectivity index (χ0v) is 10.7. The maximum absolute atomic E-state index is 11.6. The van der Waals surface area contributed by atoms with Gasteiger partial charge in [0.2, 0.25) is 0 Å². The predicted octanol–water partition coefficient (Wildman–Crippen LogP) is 3.41. The first kappa shape index (κ1) is 12.3. The molecular weight excluding hydrogens is 204 g/mol. The van der Waals surface area contributed by atoms with Gasteiger partial charge >= 0.3 is 0 Å². The number of carbonyl (C=O) groups is 1. The van der Waals surface area contributed by atoms with Crippen LogP contribution in [0.4, 0.5) is 0 Å². The lowest BCUT2D eigenvalue weighted by Gasteiger charge is -2.20. The molecule has 0 aliphatic carbocycles. The van der Waals surface area contributed by atoms with E-state index in [1.165, 1.54) is 5.56 Å². The van der Waals surface area contributed by atoms with Crippen LogP contribution in [0.3, 0.4) is 0 Å². The molecule has 0 amide bonds. The maximum atomic E-state index is 11.6. The van der Waals surface area contributed by atoms with Crippen molar-refractivity contribution in [1.29, 1.82) is 0 Å². The molecule has 0 spiro atoms. The van der Waals surface area contributed by atoms with Crippen molar-refractivity contribution < 1.29 is 4.79 Å². The molecule has 0 fully saturated rings. The van der Waals surface area contributed by atoms with Gasteiger partial charge in [-0.3, -0.25) is 4.79 Å². The highest BCUT2D eigenvalue weighted by molar-refractivity contribution is 7.81. The molecule has 0 aliphatic heterocycles. The summed E-state index contributed by atoms with van der Waals surface area (Å²) in [4.78, 5) is 11.6. The molecule has 1 rings (SSSR count). The van der Waals surface area contributed by atoms with E-state index in [0.29, 0.717) is 0 Å². The second kappa shape index (κ2) is 4.40. The number of ketones is 1. The molecule has 0 aliphatic rings. The number of hydrogen-bond donors (Lipinski definition) is 1. The minimum Gasteiger partial charge on any atom is -0.293 e. The van der Waals surface area contributed by atoms with Gasteiger partial charge in [0.25, 0.3) is 0 Å². The number of aryl methyl sites for hydroxylation is 1. The molecule has 1 aromatic carbocycles. The molecular formula is C13H18OS. The van der Waals surface area contributed by atoms with E-state index in [1.54, 1.807) is 0 Å². The molecule has 0 saturated heterocycles. The van der Waals surface area contributed by atoms with Crippen LogP contribution < -0.4 is 0 Å². The highest BCUT2D eigenvalue weighted by atomic mass is 32.1. The predicted molar refractivity (Wildman–Crippen MR) is 68.1 cm³/mol. The van der Waals surface area contributed by atoms with Crippen molar-refractivity contribution in [1.82, 2.24) is 0 Å². The third-order valence-corrected chi connectivity index (χ3v) is 2.83. The fourth-order valence-electron chi connectivity index (χ4n) is 1.47. The fourth-order valence-corrected chi connectivity index (χ4v) is 1.64. The van der Waals surface area contributed by atoms with E-state index in [1.807, 2.05) is 19.1 Å². The summed E-state index contributed by atoms with van der Waals surface area (Å²) in [6.45, 7) is 8.40. The summed E-state index contributed by atoms with van der Waals surface area (Å²) in [6.07, 6.45) is 0. The first-order chi connectivity index (χ1) is 6.86. The van der Waals surface area contributed by atoms with Gasteiger partial charge in [-0.1, -0.05) is 32.9 Å². The molecule has 1 nitrogen and oxygen atoms in total. The van der Waals surface area contributed by atoms with Gasteiger partial charge in [-0.05, 0) is 29.5 Å². The van der Waals surface area contributed by atoms with Crippen molar-refractivity contribution in [3.63, 3.8) is 0 Å². The van der Waals surface area contributed by atoms with Crippen molar-refractivity contribution >= 4 is 18.4 Å². The zero-order chi connectivity index (χ0) is 11.6. The molecule has 1 aromatic rings. The van der Waals surface area contributed by atoms with Crippen LogP contribution in [0.1, 0.15) is 42.3 Å². The largest absolute Gasteiger partial charge is 0.293 e. The fraction of sp³-hybridized carbons (Fsp3) is 0.462. The lowest BCUT2D eigenvalue weighted by atomic mass is 9.85. The Morgan fingerprint density at radius 1 is 1.33 bits per heavy atom. The van der Waals surface area contributed by atoms with Gasteiger partial charge in [-0.15, -0.1) is 0 Å². The number of Topliss-reactive ketones (excluding diaryl/α,β-unsaturated/α-hetero) is 1. The van der Waals surface area contributed by atoms with Crippen LogP contribution in [-0.4, -0.2) is 11.5 Å². The average molecular weight is 222 g/mol. The van der Waals surface area contributed by atoms with E-state index in [-0.39, 0.29) is 17.0 Å². The summed E-state index contributed by atoms with van der Waals surface area (Å²) >= 11 is 4.03. The first-order valence-corrected chi connectivity index (χ1v) is 5.74. The molecule has 82 valence electrons. The van der Waals surface area contributed by atoms with Gasteiger partial charge in [-0.2, -0.15) is 12.6 Å². The molecule has 0 N–H and O–H groups in total. The molecule has 15 heavy (non-hydrogen) atoms. The Bertz CT molecular complexity index is 375. The van der Waals surface area contributed by atoms with E-state index in [4.69, 9.17) is 0 Å². The second-order valence-corrected chi connectivity index (χ2v) is 5.18. The van der Waals surface area contributed by atoms with Crippen molar-refractivity contribution in [3.05, 3.63) is 34.9 Å². The van der Waals surface area contributed by atoms with Crippen LogP contribution in [0.5, 0.6) is 0 Å². The zero-order valence-electron chi connectivity index (χ0n) is 9.79. The van der Waals surface area contributed by atoms with Crippen LogP contribution in [-0.2, 0) is 5.41 Å². The highest BCUT2D eigenvalue weighted by Crippen LogP contribution is 2.24. The van der Waals surface area contributed by atoms with Crippen LogP contribution in [0.25, 0.3) is 0 Å². The quantitative estimate of drug-likeness (QED) is 0.599. The monoisotopic (exact) mass is 222 g/mol. The lowest BCUT2D eigenvalue weighted by molar-refractivity contribution is 0.102. The Balaban J connectivity index is 3.23. The number of carbonyl (C=O) groups excluding carboxylic acids is 1. The van der Waals surface area contributed by atoms with Gasteiger partial charge in [0.15, 0.2) is 5.78 Å². The molecule has 0 unspecified atom stereocenters. The normalized spacial score (nSPS) is 11.5. The molecule has 0 bridgehead atoms. The Morgan fingerprint density at radius 3 is 2.40 bits per heavy atom. The van der Waals surface area contributed by atoms with E-state index in [0.717, 1.165) is 11.1 Å². The highest BCUT2D eigenvalue weighted by Gasteiger charge is 2.16. The van der Waals surface area contributed by atoms with E-state index in [9.17, 15) is 4.79 Å². The van der Waals surface area contributed by atoms with E-state index < -0.39 is 0 Å². The van der Waals surface area contributed by atoms with E-state index >= 15 is 0 Å². The molecule has 0 radical (unpaired) electrons. The van der Waals surface area contributed by atoms with Crippen LogP contribution in [0.2, 0.25) is 0 Å². The first-order valence-electron chi connectivity index (χ1n) is 5.11. The molecule has 0 heterocycles. The van der Waals surface area contributed by atoms with Gasteiger partial charge in [0, 0.05) is 5.56 Å². The smallest absolute Gasteiger partial charge is 0.172 e. The standard InChI is InChI=1S/C13H18OS/c1-9-5-6-10(13(2,3)4)7-11(9)12(14)8-15/h5-7,15H,8H2,1-4H3. The third kappa shape index (κ3) is 2.85. The molecule has 0 atom stereocenters. The number of rotatable bonds is 2. The van der Waals surface area contributed by atoms with Crippen molar-refractivity contribution in [2.75, 3.05) is 5.75 Å². The summed E-state index contributed by atoms with van der Waals surface area (Å²) in [6, 6.07) is 6.09. The minimum atomic E-state index is 0.0827. The van der Waals surface area contributed by atoms with Gasteiger partial charge < -0.3 is 0 Å². The molecule has 0 aromatic heterocycles.